The molecule has 4 rings (SSSR count). The summed E-state index contributed by atoms with van der Waals surface area (Å²) in [5, 5.41) is 4.32. The smallest absolute Gasteiger partial charge is 0.325 e. The number of rotatable bonds is 6. The van der Waals surface area contributed by atoms with Crippen molar-refractivity contribution in [3.8, 4) is 5.75 Å². The molecule has 1 saturated heterocycles. The van der Waals surface area contributed by atoms with Crippen molar-refractivity contribution in [2.24, 2.45) is 0 Å². The van der Waals surface area contributed by atoms with E-state index in [1.807, 2.05) is 0 Å². The van der Waals surface area contributed by atoms with Crippen LogP contribution in [0.3, 0.4) is 0 Å². The van der Waals surface area contributed by atoms with Crippen molar-refractivity contribution in [2.75, 3.05) is 12.3 Å². The van der Waals surface area contributed by atoms with Gasteiger partial charge in [0, 0.05) is 26.8 Å². The van der Waals surface area contributed by atoms with E-state index in [0.717, 1.165) is 9.37 Å². The number of nitrogens with zero attached hydrogens (tertiary/aromatic N) is 1. The molecule has 7 nitrogen and oxygen atoms in total. The normalized spacial score (nSPS) is 18.8. The van der Waals surface area contributed by atoms with Crippen molar-refractivity contribution >= 4 is 60.4 Å². The number of halogens is 2. The summed E-state index contributed by atoms with van der Waals surface area (Å²) in [6.45, 7) is 1.24. The summed E-state index contributed by atoms with van der Waals surface area (Å²) in [4.78, 5) is 26.4. The van der Waals surface area contributed by atoms with Crippen LogP contribution < -0.4 is 9.50 Å². The van der Waals surface area contributed by atoms with E-state index in [-0.39, 0.29) is 12.3 Å². The Kier molecular flexibility index (Phi) is 5.91. The second-order valence-electron chi connectivity index (χ2n) is 7.46. The number of nitrogens with one attached hydrogen (secondary N) is 1. The fourth-order valence-corrected chi connectivity index (χ4v) is 5.12. The van der Waals surface area contributed by atoms with Crippen LogP contribution in [0, 0.1) is 0 Å². The first-order valence-electron chi connectivity index (χ1n) is 9.60. The molecule has 1 N–H and O–H groups in total. The Morgan fingerprint density at radius 2 is 1.78 bits per heavy atom. The summed E-state index contributed by atoms with van der Waals surface area (Å²) >= 11 is 9.52. The molecule has 1 heterocycles. The molecule has 1 fully saturated rings. The summed E-state index contributed by atoms with van der Waals surface area (Å²) in [7, 11) is -4.11. The Morgan fingerprint density at radius 1 is 1.06 bits per heavy atom. The minimum Gasteiger partial charge on any atom is -0.382 e. The van der Waals surface area contributed by atoms with Gasteiger partial charge >= 0.3 is 16.1 Å². The molecule has 0 bridgehead atoms. The third kappa shape index (κ3) is 4.20. The SMILES string of the molecule is C[C@@]1(c2cccc(Br)c2)NC(=O)N(CCS(=O)(=O)Oc2ccc(Cl)c3ccccc23)C1=O. The van der Waals surface area contributed by atoms with Gasteiger partial charge in [0.05, 0.1) is 0 Å². The quantitative estimate of drug-likeness (QED) is 0.371. The molecule has 0 saturated carbocycles. The number of carbonyl (C=O) groups excluding carboxylic acids is 2. The monoisotopic (exact) mass is 536 g/mol. The van der Waals surface area contributed by atoms with Crippen molar-refractivity contribution in [1.82, 2.24) is 10.2 Å². The minimum absolute atomic E-state index is 0.126. The number of imide groups is 1. The van der Waals surface area contributed by atoms with E-state index < -0.39 is 33.3 Å². The number of fused-ring (bicyclic) bond motifs is 1. The molecule has 0 unspecified atom stereocenters. The van der Waals surface area contributed by atoms with Gasteiger partial charge in [0.2, 0.25) is 0 Å². The van der Waals surface area contributed by atoms with E-state index >= 15 is 0 Å². The Labute approximate surface area is 198 Å². The van der Waals surface area contributed by atoms with Crippen LogP contribution in [0.1, 0.15) is 12.5 Å². The topological polar surface area (TPSA) is 92.8 Å². The standard InChI is InChI=1S/C22H18BrClN2O5S/c1-22(14-5-4-6-15(23)13-14)20(27)26(21(28)25-22)11-12-32(29,30)31-19-10-9-18(24)16-7-2-3-8-17(16)19/h2-10,13H,11-12H2,1H3,(H,25,28)/t22-/m0/s1. The largest absolute Gasteiger partial charge is 0.382 e. The van der Waals surface area contributed by atoms with Crippen LogP contribution in [0.4, 0.5) is 4.79 Å². The van der Waals surface area contributed by atoms with Gasteiger partial charge < -0.3 is 9.50 Å². The maximum absolute atomic E-state index is 13.0. The molecule has 1 aliphatic rings. The number of amides is 3. The lowest BCUT2D eigenvalue weighted by atomic mass is 9.92. The maximum Gasteiger partial charge on any atom is 0.325 e. The van der Waals surface area contributed by atoms with E-state index in [9.17, 15) is 18.0 Å². The third-order valence-corrected chi connectivity index (χ3v) is 7.23. The second kappa shape index (κ2) is 8.38. The van der Waals surface area contributed by atoms with Crippen molar-refractivity contribution in [1.29, 1.82) is 0 Å². The van der Waals surface area contributed by atoms with Gasteiger partial charge in [0.15, 0.2) is 5.75 Å². The van der Waals surface area contributed by atoms with Crippen molar-refractivity contribution in [3.05, 3.63) is 75.7 Å². The molecule has 32 heavy (non-hydrogen) atoms. The lowest BCUT2D eigenvalue weighted by Gasteiger charge is -2.22. The number of hydrogen-bond donors (Lipinski definition) is 1. The van der Waals surface area contributed by atoms with Gasteiger partial charge in [-0.25, -0.2) is 4.79 Å². The first kappa shape index (κ1) is 22.6. The number of benzene rings is 3. The van der Waals surface area contributed by atoms with E-state index in [1.165, 1.54) is 6.07 Å². The first-order chi connectivity index (χ1) is 15.1. The van der Waals surface area contributed by atoms with Crippen LogP contribution in [0.2, 0.25) is 5.02 Å². The summed E-state index contributed by atoms with van der Waals surface area (Å²) in [6, 6.07) is 16.4. The molecular weight excluding hydrogens is 520 g/mol. The molecule has 1 atom stereocenters. The molecule has 166 valence electrons. The number of hydrogen-bond acceptors (Lipinski definition) is 5. The van der Waals surface area contributed by atoms with Gasteiger partial charge in [-0.05, 0) is 36.8 Å². The van der Waals surface area contributed by atoms with Gasteiger partial charge in [-0.15, -0.1) is 0 Å². The predicted octanol–water partition coefficient (Wildman–Crippen LogP) is 4.43. The summed E-state index contributed by atoms with van der Waals surface area (Å²) < 4.78 is 31.3. The molecule has 3 aromatic carbocycles. The molecular formula is C22H18BrClN2O5S. The molecule has 10 heteroatoms. The Bertz CT molecular complexity index is 1350. The van der Waals surface area contributed by atoms with Crippen molar-refractivity contribution < 1.29 is 22.2 Å². The maximum atomic E-state index is 13.0. The zero-order chi connectivity index (χ0) is 23.1. The summed E-state index contributed by atoms with van der Waals surface area (Å²) in [6.07, 6.45) is 0. The van der Waals surface area contributed by atoms with Gasteiger partial charge in [0.25, 0.3) is 5.91 Å². The average Bonchev–Trinajstić information content (AvgIpc) is 2.98. The Hall–Kier alpha value is -2.62. The highest BCUT2D eigenvalue weighted by molar-refractivity contribution is 9.10. The fraction of sp³-hybridized carbons (Fsp3) is 0.182. The Morgan fingerprint density at radius 3 is 2.50 bits per heavy atom. The molecule has 1 aliphatic heterocycles. The summed E-state index contributed by atoms with van der Waals surface area (Å²) in [5.41, 5.74) is -0.711. The van der Waals surface area contributed by atoms with Crippen LogP contribution in [0.15, 0.2) is 65.1 Å². The highest BCUT2D eigenvalue weighted by Gasteiger charge is 2.49. The second-order valence-corrected chi connectivity index (χ2v) is 10.5. The molecule has 0 aliphatic carbocycles. The highest BCUT2D eigenvalue weighted by atomic mass is 79.9. The van der Waals surface area contributed by atoms with Crippen LogP contribution >= 0.6 is 27.5 Å². The highest BCUT2D eigenvalue weighted by Crippen LogP contribution is 2.33. The first-order valence-corrected chi connectivity index (χ1v) is 12.4. The van der Waals surface area contributed by atoms with E-state index in [4.69, 9.17) is 15.8 Å². The van der Waals surface area contributed by atoms with Gasteiger partial charge in [0.1, 0.15) is 11.3 Å². The van der Waals surface area contributed by atoms with Gasteiger partial charge in [-0.1, -0.05) is 63.9 Å². The number of urea groups is 1. The molecule has 3 aromatic rings. The van der Waals surface area contributed by atoms with Gasteiger partial charge in [-0.2, -0.15) is 8.42 Å². The predicted molar refractivity (Wildman–Crippen MR) is 125 cm³/mol. The van der Waals surface area contributed by atoms with E-state index in [1.54, 1.807) is 61.5 Å². The molecule has 0 spiro atoms. The fourth-order valence-electron chi connectivity index (χ4n) is 3.58. The lowest BCUT2D eigenvalue weighted by molar-refractivity contribution is -0.130. The van der Waals surface area contributed by atoms with Crippen LogP contribution in [0.5, 0.6) is 5.75 Å². The van der Waals surface area contributed by atoms with Gasteiger partial charge in [-0.3, -0.25) is 9.69 Å². The number of carbonyl (C=O) groups is 2. The zero-order valence-electron chi connectivity index (χ0n) is 16.8. The lowest BCUT2D eigenvalue weighted by Crippen LogP contribution is -2.41. The zero-order valence-corrected chi connectivity index (χ0v) is 20.0. The third-order valence-electron chi connectivity index (χ3n) is 5.29. The van der Waals surface area contributed by atoms with Crippen molar-refractivity contribution in [2.45, 2.75) is 12.5 Å². The van der Waals surface area contributed by atoms with E-state index in [2.05, 4.69) is 21.2 Å². The van der Waals surface area contributed by atoms with Crippen LogP contribution in [-0.4, -0.2) is 37.6 Å². The van der Waals surface area contributed by atoms with Crippen molar-refractivity contribution in [3.63, 3.8) is 0 Å². The summed E-state index contributed by atoms with van der Waals surface area (Å²) in [5.74, 6) is -0.966. The molecule has 0 radical (unpaired) electrons. The Balaban J connectivity index is 1.51. The van der Waals surface area contributed by atoms with Crippen LogP contribution in [-0.2, 0) is 20.5 Å². The van der Waals surface area contributed by atoms with E-state index in [0.29, 0.717) is 21.4 Å². The molecule has 0 aromatic heterocycles. The minimum atomic E-state index is -4.11. The average molecular weight is 538 g/mol. The van der Waals surface area contributed by atoms with Crippen LogP contribution in [0.25, 0.3) is 10.8 Å². The molecule has 3 amide bonds.